The van der Waals surface area contributed by atoms with Gasteiger partial charge in [0, 0.05) is 21.5 Å². The van der Waals surface area contributed by atoms with Crippen LogP contribution in [0.5, 0.6) is 11.5 Å². The molecule has 0 fully saturated rings. The normalized spacial score (nSPS) is 12.5. The van der Waals surface area contributed by atoms with Crippen LogP contribution < -0.4 is 0 Å². The summed E-state index contributed by atoms with van der Waals surface area (Å²) in [6.45, 7) is 0. The van der Waals surface area contributed by atoms with Crippen LogP contribution in [-0.2, 0) is 20.2 Å². The van der Waals surface area contributed by atoms with E-state index in [4.69, 9.17) is 46.4 Å². The van der Waals surface area contributed by atoms with Crippen molar-refractivity contribution >= 4 is 111 Å². The lowest BCUT2D eigenvalue weighted by atomic mass is 10.0. The fourth-order valence-corrected chi connectivity index (χ4v) is 7.63. The van der Waals surface area contributed by atoms with Gasteiger partial charge in [-0.3, -0.25) is 9.11 Å². The van der Waals surface area contributed by atoms with Gasteiger partial charge < -0.3 is 10.2 Å². The molecule has 6 aromatic rings. The number of hydrogen-bond donors (Lipinski definition) is 4. The molecule has 0 spiro atoms. The molecule has 0 saturated carbocycles. The predicted molar refractivity (Wildman–Crippen MR) is 191 cm³/mol. The first-order chi connectivity index (χ1) is 23.5. The Hall–Kier alpha value is -4.38. The van der Waals surface area contributed by atoms with Crippen LogP contribution in [0.2, 0.25) is 20.1 Å². The molecule has 50 heavy (non-hydrogen) atoms. The molecule has 0 aliphatic heterocycles. The number of fused-ring (bicyclic) bond motifs is 2. The van der Waals surface area contributed by atoms with E-state index in [-0.39, 0.29) is 64.4 Å². The lowest BCUT2D eigenvalue weighted by Crippen LogP contribution is -1.99. The highest BCUT2D eigenvalue weighted by Gasteiger charge is 2.21. The van der Waals surface area contributed by atoms with Crippen molar-refractivity contribution in [3.63, 3.8) is 0 Å². The van der Waals surface area contributed by atoms with Crippen molar-refractivity contribution in [2.24, 2.45) is 20.5 Å². The van der Waals surface area contributed by atoms with E-state index in [0.29, 0.717) is 11.1 Å². The van der Waals surface area contributed by atoms with Gasteiger partial charge in [0.15, 0.2) is 11.5 Å². The van der Waals surface area contributed by atoms with E-state index < -0.39 is 41.5 Å². The lowest BCUT2D eigenvalue weighted by molar-refractivity contribution is 0.477. The molecule has 4 N–H and O–H groups in total. The summed E-state index contributed by atoms with van der Waals surface area (Å²) in [6.07, 6.45) is 0. The smallest absolute Gasteiger partial charge is 0.295 e. The molecule has 0 heterocycles. The fraction of sp³-hybridized carbons (Fsp3) is 0. The Morgan fingerprint density at radius 3 is 1.06 bits per heavy atom. The maximum atomic E-state index is 12.0. The molecular formula is C32H18Cl4N4O8S2. The molecule has 6 rings (SSSR count). The zero-order valence-corrected chi connectivity index (χ0v) is 29.3. The molecule has 6 aromatic carbocycles. The third-order valence-electron chi connectivity index (χ3n) is 7.35. The molecule has 0 saturated heterocycles. The van der Waals surface area contributed by atoms with E-state index in [1.807, 2.05) is 0 Å². The number of azo groups is 2. The molecule has 0 aliphatic rings. The molecular weight excluding hydrogens is 774 g/mol. The van der Waals surface area contributed by atoms with Crippen molar-refractivity contribution in [2.75, 3.05) is 0 Å². The average molecular weight is 792 g/mol. The second kappa shape index (κ2) is 13.4. The minimum atomic E-state index is -4.69. The van der Waals surface area contributed by atoms with Gasteiger partial charge in [0.1, 0.15) is 32.5 Å². The third-order valence-corrected chi connectivity index (χ3v) is 10.3. The van der Waals surface area contributed by atoms with Crippen molar-refractivity contribution in [2.45, 2.75) is 9.79 Å². The average Bonchev–Trinajstić information content (AvgIpc) is 3.04. The molecule has 0 aromatic heterocycles. The number of phenolic OH excluding ortho intramolecular Hbond substituents is 2. The highest BCUT2D eigenvalue weighted by Crippen LogP contribution is 2.45. The summed E-state index contributed by atoms with van der Waals surface area (Å²) in [5.74, 6) is -0.784. The Morgan fingerprint density at radius 1 is 0.460 bits per heavy atom. The first-order valence-corrected chi connectivity index (χ1v) is 18.2. The van der Waals surface area contributed by atoms with Gasteiger partial charge in [-0.05, 0) is 47.5 Å². The largest absolute Gasteiger partial charge is 0.505 e. The van der Waals surface area contributed by atoms with Crippen LogP contribution in [0.4, 0.5) is 22.7 Å². The zero-order chi connectivity index (χ0) is 36.1. The van der Waals surface area contributed by atoms with Gasteiger partial charge >= 0.3 is 0 Å². The lowest BCUT2D eigenvalue weighted by Gasteiger charge is -2.10. The van der Waals surface area contributed by atoms with E-state index in [0.717, 1.165) is 12.1 Å². The molecule has 0 radical (unpaired) electrons. The van der Waals surface area contributed by atoms with Gasteiger partial charge in [-0.15, -0.1) is 20.5 Å². The molecule has 18 heteroatoms. The van der Waals surface area contributed by atoms with Crippen LogP contribution in [0, 0.1) is 0 Å². The first-order valence-electron chi connectivity index (χ1n) is 13.8. The van der Waals surface area contributed by atoms with Gasteiger partial charge in [0.25, 0.3) is 20.2 Å². The molecule has 0 amide bonds. The topological polar surface area (TPSA) is 199 Å². The van der Waals surface area contributed by atoms with Gasteiger partial charge in [-0.2, -0.15) is 16.8 Å². The SMILES string of the molecule is O=S(=O)(O)c1cc(/N=N/c2c(Cl)cc(-c3cc(Cl)c(/N=N/c4cc(S(=O)(=O)O)c5ccccc5c4O)c(Cl)c3)cc2Cl)c(O)c2ccccc12. The first kappa shape index (κ1) is 35.4. The number of rotatable bonds is 7. The van der Waals surface area contributed by atoms with E-state index in [2.05, 4.69) is 20.5 Å². The standard InChI is InChI=1S/C32H18Cl4N4O8S2/c33-21-9-15(10-22(34)29(21)39-37-25-13-27(49(43,44)45)17-5-1-3-7-19(17)31(25)41)16-11-23(35)30(24(36)12-16)40-38-26-14-28(50(46,47)48)18-6-2-4-8-20(18)32(26)42/h1-14,41-42H,(H,43,44,45)(H,46,47,48)/b39-37+,40-38+. The van der Waals surface area contributed by atoms with E-state index in [1.54, 1.807) is 24.3 Å². The molecule has 254 valence electrons. The van der Waals surface area contributed by atoms with Gasteiger partial charge in [0.05, 0.1) is 20.1 Å². The summed E-state index contributed by atoms with van der Waals surface area (Å²) >= 11 is 26.0. The Kier molecular flexibility index (Phi) is 9.49. The highest BCUT2D eigenvalue weighted by atomic mass is 35.5. The summed E-state index contributed by atoms with van der Waals surface area (Å²) in [7, 11) is -9.38. The maximum absolute atomic E-state index is 12.0. The Bertz CT molecular complexity index is 2460. The van der Waals surface area contributed by atoms with Crippen LogP contribution >= 0.6 is 46.4 Å². The van der Waals surface area contributed by atoms with Crippen molar-refractivity contribution in [3.8, 4) is 22.6 Å². The van der Waals surface area contributed by atoms with Crippen LogP contribution in [0.3, 0.4) is 0 Å². The maximum Gasteiger partial charge on any atom is 0.295 e. The van der Waals surface area contributed by atoms with Crippen molar-refractivity contribution in [1.29, 1.82) is 0 Å². The number of nitrogens with zero attached hydrogens (tertiary/aromatic N) is 4. The number of aromatic hydroxyl groups is 2. The number of hydrogen-bond acceptors (Lipinski definition) is 10. The monoisotopic (exact) mass is 790 g/mol. The van der Waals surface area contributed by atoms with Crippen LogP contribution in [0.15, 0.2) is 115 Å². The summed E-state index contributed by atoms with van der Waals surface area (Å²) in [5.41, 5.74) is 0.251. The highest BCUT2D eigenvalue weighted by molar-refractivity contribution is 7.86. The third kappa shape index (κ3) is 6.84. The molecule has 0 unspecified atom stereocenters. The minimum Gasteiger partial charge on any atom is -0.505 e. The van der Waals surface area contributed by atoms with E-state index in [9.17, 15) is 36.2 Å². The van der Waals surface area contributed by atoms with Crippen molar-refractivity contribution in [3.05, 3.63) is 105 Å². The fourth-order valence-electron chi connectivity index (χ4n) is 5.07. The number of halogens is 4. The van der Waals surface area contributed by atoms with Crippen molar-refractivity contribution < 1.29 is 36.2 Å². The Morgan fingerprint density at radius 2 is 0.760 bits per heavy atom. The molecule has 0 aliphatic carbocycles. The van der Waals surface area contributed by atoms with Gasteiger partial charge in [-0.25, -0.2) is 0 Å². The predicted octanol–water partition coefficient (Wildman–Crippen LogP) is 11.0. The molecule has 0 bridgehead atoms. The van der Waals surface area contributed by atoms with E-state index >= 15 is 0 Å². The molecule has 0 atom stereocenters. The van der Waals surface area contributed by atoms with Crippen molar-refractivity contribution in [1.82, 2.24) is 0 Å². The number of benzene rings is 6. The summed E-state index contributed by atoms with van der Waals surface area (Å²) in [5, 5.41) is 37.8. The van der Waals surface area contributed by atoms with E-state index in [1.165, 1.54) is 48.5 Å². The van der Waals surface area contributed by atoms with Crippen LogP contribution in [0.1, 0.15) is 0 Å². The van der Waals surface area contributed by atoms with Gasteiger partial charge in [-0.1, -0.05) is 94.9 Å². The Labute approximate surface area is 303 Å². The van der Waals surface area contributed by atoms with Crippen LogP contribution in [-0.4, -0.2) is 36.2 Å². The molecule has 12 nitrogen and oxygen atoms in total. The van der Waals surface area contributed by atoms with Gasteiger partial charge in [0.2, 0.25) is 0 Å². The minimum absolute atomic E-state index is 0.00367. The second-order valence-electron chi connectivity index (χ2n) is 10.5. The number of phenols is 2. The Balaban J connectivity index is 1.34. The summed E-state index contributed by atoms with van der Waals surface area (Å²) in [6, 6.07) is 19.7. The van der Waals surface area contributed by atoms with Crippen LogP contribution in [0.25, 0.3) is 32.7 Å². The summed E-state index contributed by atoms with van der Waals surface area (Å²) in [4.78, 5) is -0.970. The zero-order valence-electron chi connectivity index (χ0n) is 24.6. The summed E-state index contributed by atoms with van der Waals surface area (Å²) < 4.78 is 67.6. The second-order valence-corrected chi connectivity index (χ2v) is 14.9. The quantitative estimate of drug-likeness (QED) is 0.0903.